The Kier molecular flexibility index (Phi) is 3.69. The van der Waals surface area contributed by atoms with Gasteiger partial charge in [0.1, 0.15) is 0 Å². The van der Waals surface area contributed by atoms with E-state index >= 15 is 0 Å². The van der Waals surface area contributed by atoms with Gasteiger partial charge in [0.25, 0.3) is 0 Å². The fraction of sp³-hybridized carbons (Fsp3) is 0.214. The number of hydrogen-bond acceptors (Lipinski definition) is 1. The van der Waals surface area contributed by atoms with Gasteiger partial charge in [0.05, 0.1) is 16.8 Å². The van der Waals surface area contributed by atoms with E-state index in [0.717, 1.165) is 12.1 Å². The molecule has 0 bridgehead atoms. The van der Waals surface area contributed by atoms with Gasteiger partial charge >= 0.3 is 12.4 Å². The number of halogens is 6. The van der Waals surface area contributed by atoms with Crippen molar-refractivity contribution in [1.82, 2.24) is 4.98 Å². The molecule has 0 saturated carbocycles. The fourth-order valence-corrected chi connectivity index (χ4v) is 2.00. The molecule has 1 aromatic carbocycles. The minimum Gasteiger partial charge on any atom is -0.253 e. The lowest BCUT2D eigenvalue weighted by Crippen LogP contribution is -2.18. The molecule has 0 radical (unpaired) electrons. The molecule has 2 aromatic rings. The summed E-state index contributed by atoms with van der Waals surface area (Å²) in [5, 5.41) is 0. The Morgan fingerprint density at radius 2 is 1.43 bits per heavy atom. The van der Waals surface area contributed by atoms with Gasteiger partial charge in [-0.15, -0.1) is 0 Å². The lowest BCUT2D eigenvalue weighted by atomic mass is 9.97. The molecule has 7 heteroatoms. The third-order valence-corrected chi connectivity index (χ3v) is 2.82. The molecule has 0 amide bonds. The van der Waals surface area contributed by atoms with E-state index in [0.29, 0.717) is 11.8 Å². The maximum Gasteiger partial charge on any atom is 0.417 e. The molecule has 1 nitrogen and oxygen atoms in total. The van der Waals surface area contributed by atoms with Crippen LogP contribution in [0, 0.1) is 6.92 Å². The topological polar surface area (TPSA) is 12.9 Å². The molecule has 112 valence electrons. The lowest BCUT2D eigenvalue weighted by Gasteiger charge is -2.19. The minimum absolute atomic E-state index is 0.145. The number of rotatable bonds is 1. The maximum absolute atomic E-state index is 13.1. The number of pyridine rings is 1. The molecular formula is C14H9F6N. The van der Waals surface area contributed by atoms with Gasteiger partial charge in [-0.1, -0.05) is 18.2 Å². The number of aryl methyl sites for hydroxylation is 1. The molecule has 0 saturated heterocycles. The van der Waals surface area contributed by atoms with Crippen LogP contribution in [0.1, 0.15) is 16.8 Å². The van der Waals surface area contributed by atoms with Crippen molar-refractivity contribution < 1.29 is 26.3 Å². The third kappa shape index (κ3) is 3.17. The Bertz CT molecular complexity index is 657. The molecule has 2 rings (SSSR count). The minimum atomic E-state index is -5.13. The average molecular weight is 305 g/mol. The summed E-state index contributed by atoms with van der Waals surface area (Å²) in [4.78, 5) is 3.87. The van der Waals surface area contributed by atoms with Crippen molar-refractivity contribution in [3.63, 3.8) is 0 Å². The Labute approximate surface area is 116 Å². The van der Waals surface area contributed by atoms with Crippen LogP contribution in [0.2, 0.25) is 0 Å². The number of benzene rings is 1. The van der Waals surface area contributed by atoms with Gasteiger partial charge in [-0.2, -0.15) is 26.3 Å². The van der Waals surface area contributed by atoms with Crippen LogP contribution in [0.15, 0.2) is 36.4 Å². The summed E-state index contributed by atoms with van der Waals surface area (Å²) >= 11 is 0. The standard InChI is InChI=1S/C14H9F6N/c1-8-4-2-7-11(21-8)9-5-3-6-10(13(15,16)17)12(9)14(18,19)20/h2-7H,1H3. The van der Waals surface area contributed by atoms with E-state index in [1.807, 2.05) is 0 Å². The first-order valence-electron chi connectivity index (χ1n) is 5.82. The van der Waals surface area contributed by atoms with E-state index in [2.05, 4.69) is 4.98 Å². The first-order valence-corrected chi connectivity index (χ1v) is 5.82. The summed E-state index contributed by atoms with van der Waals surface area (Å²) in [5.41, 5.74) is -3.74. The molecule has 0 fully saturated rings. The van der Waals surface area contributed by atoms with Crippen LogP contribution >= 0.6 is 0 Å². The molecule has 0 aliphatic heterocycles. The molecule has 0 aliphatic rings. The number of hydrogen-bond donors (Lipinski definition) is 0. The second-order valence-corrected chi connectivity index (χ2v) is 4.39. The molecular weight excluding hydrogens is 296 g/mol. The van der Waals surface area contributed by atoms with E-state index in [4.69, 9.17) is 0 Å². The van der Waals surface area contributed by atoms with Crippen LogP contribution in [-0.2, 0) is 12.4 Å². The summed E-state index contributed by atoms with van der Waals surface area (Å²) in [6.07, 6.45) is -10.2. The number of alkyl halides is 6. The van der Waals surface area contributed by atoms with Crippen LogP contribution in [0.3, 0.4) is 0 Å². The van der Waals surface area contributed by atoms with Gasteiger partial charge in [0.15, 0.2) is 0 Å². The van der Waals surface area contributed by atoms with Gasteiger partial charge in [0, 0.05) is 11.3 Å². The van der Waals surface area contributed by atoms with Crippen molar-refractivity contribution in [3.05, 3.63) is 53.2 Å². The van der Waals surface area contributed by atoms with Crippen LogP contribution in [0.4, 0.5) is 26.3 Å². The molecule has 0 atom stereocenters. The third-order valence-electron chi connectivity index (χ3n) is 2.82. The molecule has 0 aliphatic carbocycles. The van der Waals surface area contributed by atoms with Crippen molar-refractivity contribution in [2.45, 2.75) is 19.3 Å². The summed E-state index contributed by atoms with van der Waals surface area (Å²) in [6.45, 7) is 1.55. The predicted octanol–water partition coefficient (Wildman–Crippen LogP) is 5.09. The zero-order valence-corrected chi connectivity index (χ0v) is 10.7. The zero-order chi connectivity index (χ0) is 15.8. The fourth-order valence-electron chi connectivity index (χ4n) is 2.00. The van der Waals surface area contributed by atoms with Gasteiger partial charge in [-0.25, -0.2) is 0 Å². The van der Waals surface area contributed by atoms with Crippen LogP contribution in [-0.4, -0.2) is 4.98 Å². The molecule has 1 heterocycles. The molecule has 1 aromatic heterocycles. The summed E-state index contributed by atoms with van der Waals surface area (Å²) in [6, 6.07) is 6.58. The van der Waals surface area contributed by atoms with Crippen molar-refractivity contribution in [1.29, 1.82) is 0 Å². The molecule has 0 spiro atoms. The highest BCUT2D eigenvalue weighted by Gasteiger charge is 2.44. The second-order valence-electron chi connectivity index (χ2n) is 4.39. The lowest BCUT2D eigenvalue weighted by molar-refractivity contribution is -0.161. The van der Waals surface area contributed by atoms with Gasteiger partial charge in [-0.3, -0.25) is 4.98 Å². The summed E-state index contributed by atoms with van der Waals surface area (Å²) in [7, 11) is 0. The Hall–Kier alpha value is -2.05. The van der Waals surface area contributed by atoms with E-state index in [-0.39, 0.29) is 5.69 Å². The Morgan fingerprint density at radius 1 is 0.810 bits per heavy atom. The smallest absolute Gasteiger partial charge is 0.253 e. The van der Waals surface area contributed by atoms with Gasteiger partial charge in [0.2, 0.25) is 0 Å². The van der Waals surface area contributed by atoms with Crippen molar-refractivity contribution in [3.8, 4) is 11.3 Å². The first-order chi connectivity index (χ1) is 9.60. The Morgan fingerprint density at radius 3 is 1.95 bits per heavy atom. The molecule has 0 unspecified atom stereocenters. The van der Waals surface area contributed by atoms with E-state index in [1.54, 1.807) is 13.0 Å². The highest BCUT2D eigenvalue weighted by molar-refractivity contribution is 5.67. The highest BCUT2D eigenvalue weighted by atomic mass is 19.4. The van der Waals surface area contributed by atoms with Crippen molar-refractivity contribution >= 4 is 0 Å². The maximum atomic E-state index is 13.1. The summed E-state index contributed by atoms with van der Waals surface area (Å²) in [5.74, 6) is 0. The second kappa shape index (κ2) is 5.05. The number of aromatic nitrogens is 1. The normalized spacial score (nSPS) is 12.5. The molecule has 0 N–H and O–H groups in total. The summed E-state index contributed by atoms with van der Waals surface area (Å²) < 4.78 is 77.8. The van der Waals surface area contributed by atoms with E-state index < -0.39 is 29.0 Å². The predicted molar refractivity (Wildman–Crippen MR) is 64.4 cm³/mol. The monoisotopic (exact) mass is 305 g/mol. The van der Waals surface area contributed by atoms with Crippen LogP contribution in [0.5, 0.6) is 0 Å². The van der Waals surface area contributed by atoms with Crippen molar-refractivity contribution in [2.24, 2.45) is 0 Å². The number of nitrogens with zero attached hydrogens (tertiary/aromatic N) is 1. The van der Waals surface area contributed by atoms with Crippen molar-refractivity contribution in [2.75, 3.05) is 0 Å². The van der Waals surface area contributed by atoms with Gasteiger partial charge < -0.3 is 0 Å². The van der Waals surface area contributed by atoms with E-state index in [9.17, 15) is 26.3 Å². The zero-order valence-electron chi connectivity index (χ0n) is 10.7. The SMILES string of the molecule is Cc1cccc(-c2cccc(C(F)(F)F)c2C(F)(F)F)n1. The Balaban J connectivity index is 2.78. The largest absolute Gasteiger partial charge is 0.417 e. The van der Waals surface area contributed by atoms with Crippen LogP contribution in [0.25, 0.3) is 11.3 Å². The van der Waals surface area contributed by atoms with Crippen LogP contribution < -0.4 is 0 Å². The molecule has 21 heavy (non-hydrogen) atoms. The average Bonchev–Trinajstić information content (AvgIpc) is 2.36. The van der Waals surface area contributed by atoms with Gasteiger partial charge in [-0.05, 0) is 25.1 Å². The quantitative estimate of drug-likeness (QED) is 0.668. The first kappa shape index (κ1) is 15.3. The highest BCUT2D eigenvalue weighted by Crippen LogP contribution is 2.44. The van der Waals surface area contributed by atoms with E-state index in [1.165, 1.54) is 12.1 Å².